The second kappa shape index (κ2) is 7.67. The molecule has 0 atom stereocenters. The minimum atomic E-state index is -0.536. The summed E-state index contributed by atoms with van der Waals surface area (Å²) in [5.74, 6) is -0.0804. The number of amides is 1. The number of fused-ring (bicyclic) bond motifs is 1. The fourth-order valence-corrected chi connectivity index (χ4v) is 3.39. The summed E-state index contributed by atoms with van der Waals surface area (Å²) in [7, 11) is 1.54. The van der Waals surface area contributed by atoms with Crippen molar-refractivity contribution in [1.29, 1.82) is 0 Å². The highest BCUT2D eigenvalue weighted by Crippen LogP contribution is 2.22. The summed E-state index contributed by atoms with van der Waals surface area (Å²) in [4.78, 5) is 43.0. The molecule has 0 radical (unpaired) electrons. The van der Waals surface area contributed by atoms with Crippen molar-refractivity contribution in [3.8, 4) is 0 Å². The molecule has 0 fully saturated rings. The number of allylic oxidation sites excluding steroid dienone is 1. The zero-order chi connectivity index (χ0) is 19.6. The first kappa shape index (κ1) is 18.7. The summed E-state index contributed by atoms with van der Waals surface area (Å²) in [6.07, 6.45) is 0. The first-order valence-electron chi connectivity index (χ1n) is 8.18. The third kappa shape index (κ3) is 4.03. The molecule has 0 unspecified atom stereocenters. The molecule has 0 saturated carbocycles. The molecule has 0 saturated heterocycles. The number of imidazole rings is 1. The average molecular weight is 385 g/mol. The van der Waals surface area contributed by atoms with E-state index in [0.717, 1.165) is 5.57 Å². The van der Waals surface area contributed by atoms with Crippen molar-refractivity contribution in [2.45, 2.75) is 18.6 Å². The van der Waals surface area contributed by atoms with Crippen molar-refractivity contribution in [2.75, 3.05) is 11.1 Å². The monoisotopic (exact) mass is 385 g/mol. The van der Waals surface area contributed by atoms with E-state index in [1.54, 1.807) is 16.7 Å². The van der Waals surface area contributed by atoms with Crippen molar-refractivity contribution in [3.05, 3.63) is 63.3 Å². The predicted molar refractivity (Wildman–Crippen MR) is 106 cm³/mol. The van der Waals surface area contributed by atoms with Gasteiger partial charge in [-0.2, -0.15) is 0 Å². The number of anilines is 1. The standard InChI is InChI=1S/C18H19N5O3S/c1-11(2)9-23-14-15(22(3)17(26)21-16(14)25)20-18(23)27-10-13(24)19-12-7-5-4-6-8-12/h4-8H,1,9-10H2,2-3H3,(H,19,24)(H,21,25,26). The van der Waals surface area contributed by atoms with E-state index in [-0.39, 0.29) is 22.8 Å². The Morgan fingerprint density at radius 1 is 1.30 bits per heavy atom. The van der Waals surface area contributed by atoms with Crippen LogP contribution >= 0.6 is 11.8 Å². The van der Waals surface area contributed by atoms with Gasteiger partial charge in [0.05, 0.1) is 5.75 Å². The second-order valence-corrected chi connectivity index (χ2v) is 7.07. The molecule has 8 nitrogen and oxygen atoms in total. The van der Waals surface area contributed by atoms with Crippen LogP contribution in [0.15, 0.2) is 57.2 Å². The number of H-pyrrole nitrogens is 1. The van der Waals surface area contributed by atoms with Gasteiger partial charge in [0.25, 0.3) is 5.56 Å². The smallest absolute Gasteiger partial charge is 0.325 e. The lowest BCUT2D eigenvalue weighted by Crippen LogP contribution is -2.29. The fourth-order valence-electron chi connectivity index (χ4n) is 2.59. The van der Waals surface area contributed by atoms with E-state index in [1.165, 1.54) is 23.4 Å². The molecule has 9 heteroatoms. The van der Waals surface area contributed by atoms with Gasteiger partial charge >= 0.3 is 5.69 Å². The number of hydrogen-bond acceptors (Lipinski definition) is 5. The molecule has 1 aromatic carbocycles. The van der Waals surface area contributed by atoms with Crippen LogP contribution in [-0.2, 0) is 18.4 Å². The summed E-state index contributed by atoms with van der Waals surface area (Å²) in [5, 5.41) is 3.28. The van der Waals surface area contributed by atoms with Crippen LogP contribution in [0, 0.1) is 0 Å². The van der Waals surface area contributed by atoms with Crippen molar-refractivity contribution in [1.82, 2.24) is 19.1 Å². The Morgan fingerprint density at radius 2 is 2.00 bits per heavy atom. The minimum absolute atomic E-state index is 0.111. The number of aromatic amines is 1. The topological polar surface area (TPSA) is 102 Å². The number of thioether (sulfide) groups is 1. The van der Waals surface area contributed by atoms with Crippen molar-refractivity contribution in [3.63, 3.8) is 0 Å². The predicted octanol–water partition coefficient (Wildman–Crippen LogP) is 1.73. The van der Waals surface area contributed by atoms with Gasteiger partial charge in [-0.25, -0.2) is 9.78 Å². The van der Waals surface area contributed by atoms with Gasteiger partial charge in [-0.15, -0.1) is 0 Å². The van der Waals surface area contributed by atoms with Gasteiger partial charge < -0.3 is 9.88 Å². The maximum absolute atomic E-state index is 12.3. The molecule has 3 rings (SSSR count). The average Bonchev–Trinajstić information content (AvgIpc) is 2.97. The lowest BCUT2D eigenvalue weighted by molar-refractivity contribution is -0.113. The first-order valence-corrected chi connectivity index (χ1v) is 9.17. The number of aryl methyl sites for hydroxylation is 1. The molecule has 1 amide bonds. The lowest BCUT2D eigenvalue weighted by atomic mass is 10.3. The number of carbonyl (C=O) groups is 1. The highest BCUT2D eigenvalue weighted by molar-refractivity contribution is 7.99. The van der Waals surface area contributed by atoms with Gasteiger partial charge in [0, 0.05) is 19.3 Å². The Labute approximate surface area is 158 Å². The minimum Gasteiger partial charge on any atom is -0.325 e. The summed E-state index contributed by atoms with van der Waals surface area (Å²) in [6, 6.07) is 9.14. The van der Waals surface area contributed by atoms with E-state index in [0.29, 0.717) is 17.4 Å². The number of aromatic nitrogens is 4. The van der Waals surface area contributed by atoms with E-state index < -0.39 is 11.2 Å². The van der Waals surface area contributed by atoms with Crippen LogP contribution in [0.3, 0.4) is 0 Å². The van der Waals surface area contributed by atoms with Crippen LogP contribution in [-0.4, -0.2) is 30.8 Å². The van der Waals surface area contributed by atoms with Gasteiger partial charge in [-0.05, 0) is 19.1 Å². The molecule has 27 heavy (non-hydrogen) atoms. The van der Waals surface area contributed by atoms with Crippen LogP contribution in [0.5, 0.6) is 0 Å². The molecule has 2 N–H and O–H groups in total. The van der Waals surface area contributed by atoms with Gasteiger partial charge in [0.15, 0.2) is 16.3 Å². The lowest BCUT2D eigenvalue weighted by Gasteiger charge is -2.08. The summed E-state index contributed by atoms with van der Waals surface area (Å²) >= 11 is 1.20. The largest absolute Gasteiger partial charge is 0.329 e. The van der Waals surface area contributed by atoms with Crippen LogP contribution < -0.4 is 16.6 Å². The van der Waals surface area contributed by atoms with Gasteiger partial charge in [0.2, 0.25) is 5.91 Å². The number of hydrogen-bond donors (Lipinski definition) is 2. The maximum Gasteiger partial charge on any atom is 0.329 e. The highest BCUT2D eigenvalue weighted by Gasteiger charge is 2.18. The second-order valence-electron chi connectivity index (χ2n) is 6.13. The third-order valence-electron chi connectivity index (χ3n) is 3.79. The van der Waals surface area contributed by atoms with E-state index in [4.69, 9.17) is 0 Å². The maximum atomic E-state index is 12.3. The Morgan fingerprint density at radius 3 is 2.67 bits per heavy atom. The molecule has 2 aromatic heterocycles. The summed E-state index contributed by atoms with van der Waals surface area (Å²) in [5.41, 5.74) is 1.03. The Balaban J connectivity index is 1.91. The number of para-hydroxylation sites is 1. The normalized spacial score (nSPS) is 10.9. The Kier molecular flexibility index (Phi) is 5.31. The van der Waals surface area contributed by atoms with Crippen molar-refractivity contribution in [2.24, 2.45) is 7.05 Å². The van der Waals surface area contributed by atoms with Crippen LogP contribution in [0.25, 0.3) is 11.2 Å². The molecule has 0 aliphatic carbocycles. The van der Waals surface area contributed by atoms with Crippen molar-refractivity contribution >= 4 is 34.5 Å². The SMILES string of the molecule is C=C(C)Cn1c(SCC(=O)Nc2ccccc2)nc2c1c(=O)[nH]c(=O)n2C. The number of benzene rings is 1. The molecular formula is C18H19N5O3S. The molecule has 0 aliphatic rings. The molecule has 140 valence electrons. The quantitative estimate of drug-likeness (QED) is 0.497. The number of rotatable bonds is 6. The van der Waals surface area contributed by atoms with E-state index in [2.05, 4.69) is 21.9 Å². The van der Waals surface area contributed by atoms with E-state index >= 15 is 0 Å². The highest BCUT2D eigenvalue weighted by atomic mass is 32.2. The van der Waals surface area contributed by atoms with Crippen LogP contribution in [0.1, 0.15) is 6.92 Å². The van der Waals surface area contributed by atoms with Gasteiger partial charge in [-0.1, -0.05) is 42.1 Å². The first-order chi connectivity index (χ1) is 12.9. The van der Waals surface area contributed by atoms with E-state index in [9.17, 15) is 14.4 Å². The molecule has 2 heterocycles. The summed E-state index contributed by atoms with van der Waals surface area (Å²) < 4.78 is 2.95. The third-order valence-corrected chi connectivity index (χ3v) is 4.77. The van der Waals surface area contributed by atoms with Gasteiger partial charge in [-0.3, -0.25) is 19.1 Å². The fraction of sp³-hybridized carbons (Fsp3) is 0.222. The Bertz CT molecular complexity index is 1130. The molecule has 0 aliphatic heterocycles. The zero-order valence-corrected chi connectivity index (χ0v) is 15.8. The number of nitrogens with zero attached hydrogens (tertiary/aromatic N) is 3. The zero-order valence-electron chi connectivity index (χ0n) is 15.0. The molecule has 0 bridgehead atoms. The van der Waals surface area contributed by atoms with Crippen molar-refractivity contribution < 1.29 is 4.79 Å². The number of nitrogens with one attached hydrogen (secondary N) is 2. The van der Waals surface area contributed by atoms with Crippen LogP contribution in [0.2, 0.25) is 0 Å². The van der Waals surface area contributed by atoms with E-state index in [1.807, 2.05) is 25.1 Å². The molecule has 0 spiro atoms. The Hall–Kier alpha value is -3.07. The van der Waals surface area contributed by atoms with Crippen LogP contribution in [0.4, 0.5) is 5.69 Å². The molecule has 3 aromatic rings. The summed E-state index contributed by atoms with van der Waals surface area (Å²) in [6.45, 7) is 6.07. The van der Waals surface area contributed by atoms with Gasteiger partial charge in [0.1, 0.15) is 0 Å². The molecular weight excluding hydrogens is 366 g/mol. The number of carbonyl (C=O) groups excluding carboxylic acids is 1.